The maximum atomic E-state index is 4.39. The second-order valence-electron chi connectivity index (χ2n) is 2.99. The Morgan fingerprint density at radius 2 is 2.29 bits per heavy atom. The molecule has 0 aliphatic carbocycles. The fraction of sp³-hybridized carbons (Fsp3) is 0.333. The van der Waals surface area contributed by atoms with Gasteiger partial charge in [0, 0.05) is 10.3 Å². The van der Waals surface area contributed by atoms with Gasteiger partial charge in [0.25, 0.3) is 0 Å². The molecule has 2 heterocycles. The summed E-state index contributed by atoms with van der Waals surface area (Å²) in [5, 5.41) is 6.28. The molecule has 0 atom stereocenters. The van der Waals surface area contributed by atoms with Crippen molar-refractivity contribution < 1.29 is 0 Å². The first-order chi connectivity index (χ1) is 6.75. The minimum absolute atomic E-state index is 0.760. The zero-order valence-corrected chi connectivity index (χ0v) is 9.71. The molecule has 0 bridgehead atoms. The van der Waals surface area contributed by atoms with Crippen molar-refractivity contribution in [2.45, 2.75) is 20.4 Å². The molecule has 0 radical (unpaired) electrons. The summed E-state index contributed by atoms with van der Waals surface area (Å²) in [7, 11) is 0. The van der Waals surface area contributed by atoms with Gasteiger partial charge in [-0.2, -0.15) is 0 Å². The molecule has 0 saturated heterocycles. The lowest BCUT2D eigenvalue weighted by Gasteiger charge is -1.97. The summed E-state index contributed by atoms with van der Waals surface area (Å²) in [5.41, 5.74) is 4.02. The van der Waals surface area contributed by atoms with Crippen LogP contribution in [0, 0.1) is 13.8 Å². The van der Waals surface area contributed by atoms with E-state index in [0.717, 1.165) is 23.1 Å². The van der Waals surface area contributed by atoms with Gasteiger partial charge in [0.1, 0.15) is 0 Å². The van der Waals surface area contributed by atoms with Gasteiger partial charge in [-0.1, -0.05) is 0 Å². The summed E-state index contributed by atoms with van der Waals surface area (Å²) in [6.45, 7) is 4.87. The van der Waals surface area contributed by atoms with Gasteiger partial charge in [0.2, 0.25) is 0 Å². The average molecular weight is 225 g/mol. The Morgan fingerprint density at radius 1 is 1.43 bits per heavy atom. The van der Waals surface area contributed by atoms with E-state index in [9.17, 15) is 0 Å². The monoisotopic (exact) mass is 225 g/mol. The maximum absolute atomic E-state index is 4.39. The Bertz CT molecular complexity index is 386. The van der Waals surface area contributed by atoms with Crippen molar-refractivity contribution in [1.82, 2.24) is 9.97 Å². The van der Waals surface area contributed by atoms with E-state index in [4.69, 9.17) is 0 Å². The predicted molar refractivity (Wildman–Crippen MR) is 61.0 cm³/mol. The van der Waals surface area contributed by atoms with Gasteiger partial charge in [0.15, 0.2) is 5.13 Å². The van der Waals surface area contributed by atoms with E-state index in [-0.39, 0.29) is 0 Å². The minimum Gasteiger partial charge on any atom is -0.356 e. The third-order valence-corrected chi connectivity index (χ3v) is 3.60. The highest BCUT2D eigenvalue weighted by molar-refractivity contribution is 7.15. The normalized spacial score (nSPS) is 10.4. The molecule has 2 aromatic heterocycles. The number of hydrogen-bond donors (Lipinski definition) is 1. The van der Waals surface area contributed by atoms with Crippen LogP contribution >= 0.6 is 22.7 Å². The van der Waals surface area contributed by atoms with Crippen molar-refractivity contribution in [1.29, 1.82) is 0 Å². The van der Waals surface area contributed by atoms with E-state index in [1.807, 2.05) is 17.8 Å². The Morgan fingerprint density at radius 3 is 2.86 bits per heavy atom. The number of rotatable bonds is 3. The molecule has 0 spiro atoms. The highest BCUT2D eigenvalue weighted by atomic mass is 32.1. The summed E-state index contributed by atoms with van der Waals surface area (Å²) in [6, 6.07) is 0. The molecule has 74 valence electrons. The Balaban J connectivity index is 1.98. The van der Waals surface area contributed by atoms with Gasteiger partial charge in [0.05, 0.1) is 23.4 Å². The summed E-state index contributed by atoms with van der Waals surface area (Å²) >= 11 is 3.30. The van der Waals surface area contributed by atoms with Gasteiger partial charge in [-0.15, -0.1) is 22.7 Å². The molecule has 0 amide bonds. The van der Waals surface area contributed by atoms with Crippen LogP contribution in [0.3, 0.4) is 0 Å². The van der Waals surface area contributed by atoms with Gasteiger partial charge in [-0.05, 0) is 13.8 Å². The van der Waals surface area contributed by atoms with E-state index >= 15 is 0 Å². The van der Waals surface area contributed by atoms with Crippen molar-refractivity contribution in [2.24, 2.45) is 0 Å². The summed E-state index contributed by atoms with van der Waals surface area (Å²) in [6.07, 6.45) is 0. The van der Waals surface area contributed by atoms with Crippen LogP contribution in [-0.2, 0) is 6.54 Å². The smallest absolute Gasteiger partial charge is 0.183 e. The quantitative estimate of drug-likeness (QED) is 0.873. The zero-order valence-electron chi connectivity index (χ0n) is 8.07. The Kier molecular flexibility index (Phi) is 2.79. The van der Waals surface area contributed by atoms with E-state index in [1.54, 1.807) is 22.7 Å². The number of nitrogens with one attached hydrogen (secondary N) is 1. The molecule has 2 rings (SSSR count). The van der Waals surface area contributed by atoms with Crippen molar-refractivity contribution in [3.63, 3.8) is 0 Å². The molecule has 0 aromatic carbocycles. The van der Waals surface area contributed by atoms with E-state index in [0.29, 0.717) is 0 Å². The van der Waals surface area contributed by atoms with Gasteiger partial charge >= 0.3 is 0 Å². The molecular weight excluding hydrogens is 214 g/mol. The number of thiazole rings is 2. The molecule has 0 aliphatic rings. The summed E-state index contributed by atoms with van der Waals surface area (Å²) < 4.78 is 0. The second-order valence-corrected chi connectivity index (χ2v) is 4.92. The zero-order chi connectivity index (χ0) is 9.97. The minimum atomic E-state index is 0.760. The van der Waals surface area contributed by atoms with E-state index in [2.05, 4.69) is 22.2 Å². The molecule has 3 nitrogen and oxygen atoms in total. The molecule has 1 N–H and O–H groups in total. The van der Waals surface area contributed by atoms with Crippen LogP contribution in [-0.4, -0.2) is 9.97 Å². The number of nitrogens with zero attached hydrogens (tertiary/aromatic N) is 2. The topological polar surface area (TPSA) is 37.8 Å². The molecule has 0 fully saturated rings. The first-order valence-corrected chi connectivity index (χ1v) is 6.06. The number of aryl methyl sites for hydroxylation is 2. The Labute approximate surface area is 90.9 Å². The van der Waals surface area contributed by atoms with Crippen molar-refractivity contribution in [2.75, 3.05) is 5.32 Å². The number of hydrogen-bond acceptors (Lipinski definition) is 5. The standard InChI is InChI=1S/C9H11N3S2/c1-6-7(2)14-9(12-6)10-3-8-4-13-5-11-8/h4-5H,3H2,1-2H3,(H,10,12). The third kappa shape index (κ3) is 2.10. The van der Waals surface area contributed by atoms with Gasteiger partial charge in [-0.3, -0.25) is 0 Å². The van der Waals surface area contributed by atoms with E-state index in [1.165, 1.54) is 4.88 Å². The second kappa shape index (κ2) is 4.06. The number of anilines is 1. The lowest BCUT2D eigenvalue weighted by Crippen LogP contribution is -1.98. The van der Waals surface area contributed by atoms with Crippen LogP contribution in [0.4, 0.5) is 5.13 Å². The highest BCUT2D eigenvalue weighted by Gasteiger charge is 2.02. The summed E-state index contributed by atoms with van der Waals surface area (Å²) in [4.78, 5) is 9.86. The maximum Gasteiger partial charge on any atom is 0.183 e. The lowest BCUT2D eigenvalue weighted by atomic mass is 10.4. The molecule has 5 heteroatoms. The van der Waals surface area contributed by atoms with Crippen molar-refractivity contribution >= 4 is 27.8 Å². The molecular formula is C9H11N3S2. The molecule has 0 unspecified atom stereocenters. The fourth-order valence-corrected chi connectivity index (χ4v) is 2.41. The van der Waals surface area contributed by atoms with Crippen LogP contribution < -0.4 is 5.32 Å². The van der Waals surface area contributed by atoms with Crippen LogP contribution in [0.2, 0.25) is 0 Å². The van der Waals surface area contributed by atoms with Crippen LogP contribution in [0.1, 0.15) is 16.3 Å². The average Bonchev–Trinajstić information content (AvgIpc) is 2.74. The first-order valence-electron chi connectivity index (χ1n) is 4.30. The highest BCUT2D eigenvalue weighted by Crippen LogP contribution is 2.21. The first kappa shape index (κ1) is 9.61. The van der Waals surface area contributed by atoms with Crippen LogP contribution in [0.25, 0.3) is 0 Å². The molecule has 2 aromatic rings. The van der Waals surface area contributed by atoms with Crippen molar-refractivity contribution in [3.8, 4) is 0 Å². The SMILES string of the molecule is Cc1nc(NCc2cscn2)sc1C. The third-order valence-electron chi connectivity index (χ3n) is 1.93. The Hall–Kier alpha value is -0.940. The molecule has 0 saturated carbocycles. The van der Waals surface area contributed by atoms with Crippen molar-refractivity contribution in [3.05, 3.63) is 27.2 Å². The van der Waals surface area contributed by atoms with E-state index < -0.39 is 0 Å². The predicted octanol–water partition coefficient (Wildman–Crippen LogP) is 2.83. The van der Waals surface area contributed by atoms with Gasteiger partial charge in [-0.25, -0.2) is 9.97 Å². The largest absolute Gasteiger partial charge is 0.356 e. The lowest BCUT2D eigenvalue weighted by molar-refractivity contribution is 1.06. The molecule has 14 heavy (non-hydrogen) atoms. The number of aromatic nitrogens is 2. The van der Waals surface area contributed by atoms with Crippen LogP contribution in [0.15, 0.2) is 10.9 Å². The van der Waals surface area contributed by atoms with Gasteiger partial charge < -0.3 is 5.32 Å². The fourth-order valence-electron chi connectivity index (χ4n) is 1.04. The summed E-state index contributed by atoms with van der Waals surface area (Å²) in [5.74, 6) is 0. The van der Waals surface area contributed by atoms with Crippen LogP contribution in [0.5, 0.6) is 0 Å². The molecule has 0 aliphatic heterocycles.